The Hall–Kier alpha value is -0.650. The number of carbonyl (C=O) groups excluding carboxylic acids is 1. The average Bonchev–Trinajstić information content (AvgIpc) is 2.55. The molecule has 3 fully saturated rings. The van der Waals surface area contributed by atoms with Crippen LogP contribution in [0.2, 0.25) is 0 Å². The summed E-state index contributed by atoms with van der Waals surface area (Å²) in [6, 6.07) is 0.496. The molecule has 0 radical (unpaired) electrons. The van der Waals surface area contributed by atoms with E-state index in [1.165, 1.54) is 32.4 Å². The number of likely N-dealkylation sites (tertiary alicyclic amines) is 1. The first-order valence-electron chi connectivity index (χ1n) is 9.13. The SMILES string of the molecule is CN1CCC(N2CCN(CCC3CCNCC3)CC2=O)CC1. The maximum absolute atomic E-state index is 12.5. The van der Waals surface area contributed by atoms with Gasteiger partial charge in [-0.05, 0) is 77.8 Å². The van der Waals surface area contributed by atoms with Gasteiger partial charge in [-0.25, -0.2) is 0 Å². The highest BCUT2D eigenvalue weighted by Crippen LogP contribution is 2.20. The van der Waals surface area contributed by atoms with Crippen molar-refractivity contribution in [1.29, 1.82) is 0 Å². The zero-order valence-corrected chi connectivity index (χ0v) is 14.1. The molecule has 126 valence electrons. The molecule has 5 nitrogen and oxygen atoms in total. The molecule has 0 atom stereocenters. The average molecular weight is 308 g/mol. The summed E-state index contributed by atoms with van der Waals surface area (Å²) in [4.78, 5) is 19.4. The van der Waals surface area contributed by atoms with Gasteiger partial charge >= 0.3 is 0 Å². The van der Waals surface area contributed by atoms with E-state index in [1.807, 2.05) is 0 Å². The lowest BCUT2D eigenvalue weighted by Gasteiger charge is -2.42. The molecule has 3 rings (SSSR count). The van der Waals surface area contributed by atoms with Gasteiger partial charge in [-0.3, -0.25) is 9.69 Å². The first-order valence-corrected chi connectivity index (χ1v) is 9.13. The molecule has 0 bridgehead atoms. The number of rotatable bonds is 4. The van der Waals surface area contributed by atoms with Gasteiger partial charge in [0.05, 0.1) is 6.54 Å². The number of nitrogens with one attached hydrogen (secondary N) is 1. The Balaban J connectivity index is 1.40. The van der Waals surface area contributed by atoms with Gasteiger partial charge in [0.25, 0.3) is 0 Å². The number of amides is 1. The van der Waals surface area contributed by atoms with Gasteiger partial charge < -0.3 is 15.1 Å². The van der Waals surface area contributed by atoms with Crippen molar-refractivity contribution in [2.45, 2.75) is 38.1 Å². The highest BCUT2D eigenvalue weighted by Gasteiger charge is 2.31. The Bertz CT molecular complexity index is 362. The third-order valence-corrected chi connectivity index (χ3v) is 5.78. The van der Waals surface area contributed by atoms with Crippen LogP contribution >= 0.6 is 0 Å². The van der Waals surface area contributed by atoms with Crippen LogP contribution in [0.1, 0.15) is 32.1 Å². The van der Waals surface area contributed by atoms with Crippen LogP contribution < -0.4 is 5.32 Å². The molecule has 1 amide bonds. The van der Waals surface area contributed by atoms with Crippen LogP contribution in [0.4, 0.5) is 0 Å². The number of hydrogen-bond acceptors (Lipinski definition) is 4. The summed E-state index contributed by atoms with van der Waals surface area (Å²) in [7, 11) is 2.18. The van der Waals surface area contributed by atoms with Crippen LogP contribution in [0.25, 0.3) is 0 Å². The number of hydrogen-bond donors (Lipinski definition) is 1. The summed E-state index contributed by atoms with van der Waals surface area (Å²) >= 11 is 0. The first-order chi connectivity index (χ1) is 10.7. The molecule has 5 heteroatoms. The van der Waals surface area contributed by atoms with Crippen molar-refractivity contribution in [2.24, 2.45) is 5.92 Å². The number of piperazine rings is 1. The minimum atomic E-state index is 0.367. The van der Waals surface area contributed by atoms with E-state index in [9.17, 15) is 4.79 Å². The summed E-state index contributed by atoms with van der Waals surface area (Å²) in [6.45, 7) is 8.39. The van der Waals surface area contributed by atoms with Crippen molar-refractivity contribution < 1.29 is 4.79 Å². The fourth-order valence-electron chi connectivity index (χ4n) is 4.15. The van der Waals surface area contributed by atoms with E-state index in [-0.39, 0.29) is 0 Å². The van der Waals surface area contributed by atoms with Crippen molar-refractivity contribution >= 4 is 5.91 Å². The second-order valence-electron chi connectivity index (χ2n) is 7.38. The van der Waals surface area contributed by atoms with Gasteiger partial charge in [0, 0.05) is 19.1 Å². The van der Waals surface area contributed by atoms with Crippen LogP contribution in [0.3, 0.4) is 0 Å². The molecule has 0 saturated carbocycles. The third-order valence-electron chi connectivity index (χ3n) is 5.78. The second kappa shape index (κ2) is 7.75. The molecular formula is C17H32N4O. The normalized spacial score (nSPS) is 27.5. The largest absolute Gasteiger partial charge is 0.337 e. The van der Waals surface area contributed by atoms with E-state index >= 15 is 0 Å². The van der Waals surface area contributed by atoms with Crippen molar-refractivity contribution in [2.75, 3.05) is 59.4 Å². The Labute approximate surface area is 135 Å². The zero-order valence-electron chi connectivity index (χ0n) is 14.1. The lowest BCUT2D eigenvalue weighted by atomic mass is 9.94. The molecule has 22 heavy (non-hydrogen) atoms. The summed E-state index contributed by atoms with van der Waals surface area (Å²) in [5.74, 6) is 1.23. The molecule has 3 aliphatic rings. The fraction of sp³-hybridized carbons (Fsp3) is 0.941. The predicted molar refractivity (Wildman–Crippen MR) is 88.9 cm³/mol. The van der Waals surface area contributed by atoms with Crippen LogP contribution in [0, 0.1) is 5.92 Å². The van der Waals surface area contributed by atoms with Gasteiger partial charge in [-0.2, -0.15) is 0 Å². The molecule has 0 spiro atoms. The summed E-state index contributed by atoms with van der Waals surface area (Å²) in [6.07, 6.45) is 6.19. The maximum atomic E-state index is 12.5. The van der Waals surface area contributed by atoms with Crippen molar-refractivity contribution in [1.82, 2.24) is 20.0 Å². The van der Waals surface area contributed by atoms with Crippen molar-refractivity contribution in [3.63, 3.8) is 0 Å². The molecule has 0 aromatic rings. The van der Waals surface area contributed by atoms with Crippen LogP contribution in [-0.2, 0) is 4.79 Å². The summed E-state index contributed by atoms with van der Waals surface area (Å²) < 4.78 is 0. The quantitative estimate of drug-likeness (QED) is 0.826. The molecular weight excluding hydrogens is 276 g/mol. The molecule has 3 saturated heterocycles. The molecule has 0 aromatic carbocycles. The molecule has 1 N–H and O–H groups in total. The fourth-order valence-corrected chi connectivity index (χ4v) is 4.15. The Morgan fingerprint density at radius 1 is 1.05 bits per heavy atom. The molecule has 3 aliphatic heterocycles. The monoisotopic (exact) mass is 308 g/mol. The zero-order chi connectivity index (χ0) is 15.4. The second-order valence-corrected chi connectivity index (χ2v) is 7.38. The van der Waals surface area contributed by atoms with E-state index < -0.39 is 0 Å². The lowest BCUT2D eigenvalue weighted by molar-refractivity contribution is -0.139. The van der Waals surface area contributed by atoms with Gasteiger partial charge in [-0.15, -0.1) is 0 Å². The first kappa shape index (κ1) is 16.2. The minimum Gasteiger partial charge on any atom is -0.337 e. The van der Waals surface area contributed by atoms with E-state index in [0.717, 1.165) is 51.5 Å². The number of nitrogens with zero attached hydrogens (tertiary/aromatic N) is 3. The number of carbonyl (C=O) groups is 1. The van der Waals surface area contributed by atoms with Crippen LogP contribution in [-0.4, -0.2) is 86.1 Å². The Morgan fingerprint density at radius 3 is 2.45 bits per heavy atom. The van der Waals surface area contributed by atoms with Crippen LogP contribution in [0.15, 0.2) is 0 Å². The van der Waals surface area contributed by atoms with E-state index in [1.54, 1.807) is 0 Å². The van der Waals surface area contributed by atoms with E-state index in [4.69, 9.17) is 0 Å². The summed E-state index contributed by atoms with van der Waals surface area (Å²) in [5.41, 5.74) is 0. The lowest BCUT2D eigenvalue weighted by Crippen LogP contribution is -2.56. The molecule has 0 unspecified atom stereocenters. The minimum absolute atomic E-state index is 0.367. The molecule has 0 aromatic heterocycles. The Morgan fingerprint density at radius 2 is 1.77 bits per heavy atom. The maximum Gasteiger partial charge on any atom is 0.237 e. The van der Waals surface area contributed by atoms with Crippen molar-refractivity contribution in [3.8, 4) is 0 Å². The van der Waals surface area contributed by atoms with E-state index in [2.05, 4.69) is 27.1 Å². The predicted octanol–water partition coefficient (Wildman–Crippen LogP) is 0.615. The highest BCUT2D eigenvalue weighted by molar-refractivity contribution is 5.79. The number of piperidine rings is 2. The third kappa shape index (κ3) is 4.21. The molecule has 0 aliphatic carbocycles. The molecule has 3 heterocycles. The highest BCUT2D eigenvalue weighted by atomic mass is 16.2. The van der Waals surface area contributed by atoms with Gasteiger partial charge in [-0.1, -0.05) is 0 Å². The van der Waals surface area contributed by atoms with Gasteiger partial charge in [0.2, 0.25) is 5.91 Å². The smallest absolute Gasteiger partial charge is 0.237 e. The Kier molecular flexibility index (Phi) is 5.71. The van der Waals surface area contributed by atoms with Gasteiger partial charge in [0.1, 0.15) is 0 Å². The standard InChI is InChI=1S/C17H32N4O/c1-19-9-5-16(6-10-19)21-13-12-20(14-17(21)22)11-4-15-2-7-18-8-3-15/h15-16,18H,2-14H2,1H3. The van der Waals surface area contributed by atoms with Crippen molar-refractivity contribution in [3.05, 3.63) is 0 Å². The van der Waals surface area contributed by atoms with Gasteiger partial charge in [0.15, 0.2) is 0 Å². The van der Waals surface area contributed by atoms with E-state index in [0.29, 0.717) is 18.5 Å². The topological polar surface area (TPSA) is 38.8 Å². The van der Waals surface area contributed by atoms with Crippen LogP contribution in [0.5, 0.6) is 0 Å². The summed E-state index contributed by atoms with van der Waals surface area (Å²) in [5, 5.41) is 3.43.